The predicted molar refractivity (Wildman–Crippen MR) is 81.2 cm³/mol. The Morgan fingerprint density at radius 1 is 1.24 bits per heavy atom. The zero-order valence-corrected chi connectivity index (χ0v) is 11.8. The van der Waals surface area contributed by atoms with Gasteiger partial charge in [0.1, 0.15) is 5.82 Å². The monoisotopic (exact) mass is 283 g/mol. The van der Waals surface area contributed by atoms with Crippen LogP contribution in [0.3, 0.4) is 0 Å². The SMILES string of the molecule is COC(=O)c1ccc(N)c(NC2Cc3ccccc3C2)n1. The first kappa shape index (κ1) is 13.4. The Morgan fingerprint density at radius 2 is 1.90 bits per heavy atom. The fraction of sp³-hybridized carbons (Fsp3) is 0.250. The molecular formula is C16H17N3O2. The van der Waals surface area contributed by atoms with Gasteiger partial charge in [0.25, 0.3) is 0 Å². The lowest BCUT2D eigenvalue weighted by Gasteiger charge is -2.15. The molecule has 0 bridgehead atoms. The molecule has 5 nitrogen and oxygen atoms in total. The van der Waals surface area contributed by atoms with Crippen molar-refractivity contribution in [1.29, 1.82) is 0 Å². The highest BCUT2D eigenvalue weighted by Gasteiger charge is 2.22. The quantitative estimate of drug-likeness (QED) is 0.843. The first-order valence-corrected chi connectivity index (χ1v) is 6.85. The number of nitrogens with one attached hydrogen (secondary N) is 1. The van der Waals surface area contributed by atoms with E-state index in [9.17, 15) is 4.79 Å². The van der Waals surface area contributed by atoms with Crippen LogP contribution in [-0.2, 0) is 17.6 Å². The zero-order chi connectivity index (χ0) is 14.8. The van der Waals surface area contributed by atoms with E-state index in [2.05, 4.69) is 27.2 Å². The normalized spacial score (nSPS) is 13.8. The van der Waals surface area contributed by atoms with Crippen molar-refractivity contribution in [1.82, 2.24) is 4.98 Å². The molecule has 0 saturated heterocycles. The maximum absolute atomic E-state index is 11.5. The molecule has 108 valence electrons. The summed E-state index contributed by atoms with van der Waals surface area (Å²) >= 11 is 0. The molecule has 3 N–H and O–H groups in total. The number of anilines is 2. The van der Waals surface area contributed by atoms with Gasteiger partial charge in [-0.05, 0) is 36.1 Å². The van der Waals surface area contributed by atoms with Crippen molar-refractivity contribution >= 4 is 17.5 Å². The van der Waals surface area contributed by atoms with Gasteiger partial charge in [-0.1, -0.05) is 24.3 Å². The second-order valence-corrected chi connectivity index (χ2v) is 5.14. The number of esters is 1. The lowest BCUT2D eigenvalue weighted by atomic mass is 10.1. The maximum Gasteiger partial charge on any atom is 0.356 e. The highest BCUT2D eigenvalue weighted by molar-refractivity contribution is 5.88. The zero-order valence-electron chi connectivity index (χ0n) is 11.8. The molecule has 0 atom stereocenters. The van der Waals surface area contributed by atoms with Crippen molar-refractivity contribution in [3.05, 3.63) is 53.2 Å². The Labute approximate surface area is 123 Å². The predicted octanol–water partition coefficient (Wildman–Crippen LogP) is 2.03. The van der Waals surface area contributed by atoms with E-state index in [1.807, 2.05) is 12.1 Å². The number of fused-ring (bicyclic) bond motifs is 1. The van der Waals surface area contributed by atoms with Crippen LogP contribution in [0.2, 0.25) is 0 Å². The van der Waals surface area contributed by atoms with E-state index in [1.165, 1.54) is 18.2 Å². The minimum Gasteiger partial charge on any atom is -0.464 e. The minimum absolute atomic E-state index is 0.241. The first-order chi connectivity index (χ1) is 10.2. The number of nitrogen functional groups attached to an aromatic ring is 1. The molecule has 0 aliphatic heterocycles. The van der Waals surface area contributed by atoms with Crippen molar-refractivity contribution in [3.63, 3.8) is 0 Å². The Kier molecular flexibility index (Phi) is 3.48. The number of hydrogen-bond acceptors (Lipinski definition) is 5. The maximum atomic E-state index is 11.5. The van der Waals surface area contributed by atoms with Crippen LogP contribution in [0.4, 0.5) is 11.5 Å². The van der Waals surface area contributed by atoms with E-state index >= 15 is 0 Å². The van der Waals surface area contributed by atoms with Crippen molar-refractivity contribution in [3.8, 4) is 0 Å². The Hall–Kier alpha value is -2.56. The topological polar surface area (TPSA) is 77.2 Å². The summed E-state index contributed by atoms with van der Waals surface area (Å²) in [5.41, 5.74) is 9.41. The Bertz CT molecular complexity index is 660. The van der Waals surface area contributed by atoms with Gasteiger partial charge in [0.05, 0.1) is 12.8 Å². The van der Waals surface area contributed by atoms with Gasteiger partial charge in [0, 0.05) is 6.04 Å². The van der Waals surface area contributed by atoms with E-state index in [1.54, 1.807) is 12.1 Å². The second kappa shape index (κ2) is 5.44. The van der Waals surface area contributed by atoms with Gasteiger partial charge in [-0.15, -0.1) is 0 Å². The molecule has 1 aromatic heterocycles. The summed E-state index contributed by atoms with van der Waals surface area (Å²) in [6.45, 7) is 0. The Balaban J connectivity index is 1.78. The van der Waals surface area contributed by atoms with Crippen LogP contribution < -0.4 is 11.1 Å². The summed E-state index contributed by atoms with van der Waals surface area (Å²) in [7, 11) is 1.33. The smallest absolute Gasteiger partial charge is 0.356 e. The second-order valence-electron chi connectivity index (χ2n) is 5.14. The minimum atomic E-state index is -0.465. The average molecular weight is 283 g/mol. The molecule has 0 spiro atoms. The van der Waals surface area contributed by atoms with Crippen LogP contribution in [0, 0.1) is 0 Å². The average Bonchev–Trinajstić information content (AvgIpc) is 2.91. The Morgan fingerprint density at radius 3 is 2.52 bits per heavy atom. The number of carbonyl (C=O) groups is 1. The molecular weight excluding hydrogens is 266 g/mol. The number of benzene rings is 1. The number of pyridine rings is 1. The summed E-state index contributed by atoms with van der Waals surface area (Å²) in [6, 6.07) is 11.8. The number of nitrogens with two attached hydrogens (primary N) is 1. The van der Waals surface area contributed by atoms with Crippen LogP contribution in [0.1, 0.15) is 21.6 Å². The van der Waals surface area contributed by atoms with Crippen molar-refractivity contribution in [2.75, 3.05) is 18.2 Å². The third-order valence-corrected chi connectivity index (χ3v) is 3.71. The van der Waals surface area contributed by atoms with Gasteiger partial charge < -0.3 is 15.8 Å². The number of hydrogen-bond donors (Lipinski definition) is 2. The van der Waals surface area contributed by atoms with Crippen LogP contribution in [0.5, 0.6) is 0 Å². The summed E-state index contributed by atoms with van der Waals surface area (Å²) in [5, 5.41) is 3.33. The molecule has 0 fully saturated rings. The van der Waals surface area contributed by atoms with Crippen molar-refractivity contribution < 1.29 is 9.53 Å². The number of nitrogens with zero attached hydrogens (tertiary/aromatic N) is 1. The highest BCUT2D eigenvalue weighted by atomic mass is 16.5. The number of aromatic nitrogens is 1. The molecule has 1 aliphatic carbocycles. The van der Waals surface area contributed by atoms with Gasteiger partial charge in [-0.25, -0.2) is 9.78 Å². The lowest BCUT2D eigenvalue weighted by molar-refractivity contribution is 0.0594. The molecule has 1 aromatic carbocycles. The molecule has 0 saturated carbocycles. The van der Waals surface area contributed by atoms with Crippen LogP contribution in [0.15, 0.2) is 36.4 Å². The van der Waals surface area contributed by atoms with Gasteiger partial charge in [0.15, 0.2) is 5.69 Å². The van der Waals surface area contributed by atoms with Gasteiger partial charge >= 0.3 is 5.97 Å². The van der Waals surface area contributed by atoms with Gasteiger partial charge in [-0.2, -0.15) is 0 Å². The number of methoxy groups -OCH3 is 1. The molecule has 2 aromatic rings. The third kappa shape index (κ3) is 2.67. The molecule has 3 rings (SSSR count). The van der Waals surface area contributed by atoms with E-state index < -0.39 is 5.97 Å². The summed E-state index contributed by atoms with van der Waals surface area (Å²) < 4.78 is 4.68. The molecule has 1 aliphatic rings. The number of rotatable bonds is 3. The summed E-state index contributed by atoms with van der Waals surface area (Å²) in [4.78, 5) is 15.8. The molecule has 0 unspecified atom stereocenters. The van der Waals surface area contributed by atoms with Gasteiger partial charge in [-0.3, -0.25) is 0 Å². The standard InChI is InChI=1S/C16H17N3O2/c1-21-16(20)14-7-6-13(17)15(19-14)18-12-8-10-4-2-3-5-11(10)9-12/h2-7,12H,8-9,17H2,1H3,(H,18,19). The fourth-order valence-electron chi connectivity index (χ4n) is 2.66. The molecule has 21 heavy (non-hydrogen) atoms. The first-order valence-electron chi connectivity index (χ1n) is 6.85. The van der Waals surface area contributed by atoms with Crippen LogP contribution in [0.25, 0.3) is 0 Å². The van der Waals surface area contributed by atoms with E-state index in [0.29, 0.717) is 11.5 Å². The van der Waals surface area contributed by atoms with Crippen LogP contribution >= 0.6 is 0 Å². The van der Waals surface area contributed by atoms with E-state index in [0.717, 1.165) is 12.8 Å². The number of carbonyl (C=O) groups excluding carboxylic acids is 1. The largest absolute Gasteiger partial charge is 0.464 e. The van der Waals surface area contributed by atoms with Gasteiger partial charge in [0.2, 0.25) is 0 Å². The summed E-state index contributed by atoms with van der Waals surface area (Å²) in [5.74, 6) is 0.0727. The summed E-state index contributed by atoms with van der Waals surface area (Å²) in [6.07, 6.45) is 1.86. The third-order valence-electron chi connectivity index (χ3n) is 3.71. The van der Waals surface area contributed by atoms with E-state index in [-0.39, 0.29) is 11.7 Å². The fourth-order valence-corrected chi connectivity index (χ4v) is 2.66. The van der Waals surface area contributed by atoms with Crippen LogP contribution in [-0.4, -0.2) is 24.1 Å². The van der Waals surface area contributed by atoms with Crippen molar-refractivity contribution in [2.45, 2.75) is 18.9 Å². The molecule has 1 heterocycles. The van der Waals surface area contributed by atoms with E-state index in [4.69, 9.17) is 5.73 Å². The lowest BCUT2D eigenvalue weighted by Crippen LogP contribution is -2.22. The molecule has 0 amide bonds. The molecule has 5 heteroatoms. The highest BCUT2D eigenvalue weighted by Crippen LogP contribution is 2.26. The number of ether oxygens (including phenoxy) is 1. The van der Waals surface area contributed by atoms with Crippen molar-refractivity contribution in [2.24, 2.45) is 0 Å². The molecule has 0 radical (unpaired) electrons.